The van der Waals surface area contributed by atoms with Crippen molar-refractivity contribution in [1.29, 1.82) is 0 Å². The van der Waals surface area contributed by atoms with E-state index in [1.165, 1.54) is 0 Å². The van der Waals surface area contributed by atoms with Crippen molar-refractivity contribution in [1.82, 2.24) is 14.9 Å². The molecule has 126 valence electrons. The lowest BCUT2D eigenvalue weighted by atomic mass is 9.96. The maximum absolute atomic E-state index is 5.36. The molecule has 1 N–H and O–H groups in total. The molecule has 0 fully saturated rings. The fourth-order valence-corrected chi connectivity index (χ4v) is 2.85. The molecule has 1 aromatic carbocycles. The van der Waals surface area contributed by atoms with Crippen LogP contribution in [0.15, 0.2) is 35.5 Å². The first-order valence-corrected chi connectivity index (χ1v) is 8.23. The van der Waals surface area contributed by atoms with Crippen LogP contribution in [-0.2, 0) is 0 Å². The number of aromatic amines is 1. The Bertz CT molecular complexity index is 822. The summed E-state index contributed by atoms with van der Waals surface area (Å²) < 4.78 is 12.7. The van der Waals surface area contributed by atoms with Crippen LogP contribution < -0.4 is 9.47 Å². The number of H-pyrrole nitrogens is 1. The van der Waals surface area contributed by atoms with Crippen LogP contribution in [0.4, 0.5) is 0 Å². The smallest absolute Gasteiger partial charge is 0.216 e. The molecule has 0 saturated heterocycles. The molecule has 0 spiro atoms. The zero-order valence-electron chi connectivity index (χ0n) is 13.7. The monoisotopic (exact) mass is 344 g/mol. The van der Waals surface area contributed by atoms with E-state index in [-0.39, 0.29) is 0 Å². The molecular weight excluding hydrogens is 324 g/mol. The number of nitrogens with one attached hydrogen (secondary N) is 1. The van der Waals surface area contributed by atoms with Gasteiger partial charge in [0.05, 0.1) is 14.2 Å². The van der Waals surface area contributed by atoms with E-state index in [1.807, 2.05) is 24.4 Å². The number of rotatable bonds is 5. The van der Waals surface area contributed by atoms with E-state index >= 15 is 0 Å². The minimum atomic E-state index is 0.435. The second-order valence-corrected chi connectivity index (χ2v) is 5.93. The molecule has 3 rings (SSSR count). The highest BCUT2D eigenvalue weighted by atomic mass is 32.1. The van der Waals surface area contributed by atoms with Gasteiger partial charge in [-0.3, -0.25) is 0 Å². The topological polar surface area (TPSA) is 64.4 Å². The summed E-state index contributed by atoms with van der Waals surface area (Å²) in [4.78, 5) is 0. The van der Waals surface area contributed by atoms with E-state index in [0.29, 0.717) is 28.0 Å². The molecule has 0 bridgehead atoms. The van der Waals surface area contributed by atoms with Crippen LogP contribution in [0.5, 0.6) is 11.5 Å². The van der Waals surface area contributed by atoms with Crippen LogP contribution in [0.2, 0.25) is 0 Å². The Balaban J connectivity index is 1.93. The summed E-state index contributed by atoms with van der Waals surface area (Å²) in [6.45, 7) is 0. The number of methoxy groups -OCH3 is 2. The Kier molecular flexibility index (Phi) is 5.10. The highest BCUT2D eigenvalue weighted by Crippen LogP contribution is 2.31. The number of aromatic nitrogens is 3. The first kappa shape index (κ1) is 16.4. The molecule has 1 aliphatic carbocycles. The number of hydrogen-bond acceptors (Lipinski definition) is 5. The fraction of sp³-hybridized carbons (Fsp3) is 0.353. The number of benzene rings is 1. The van der Waals surface area contributed by atoms with Crippen molar-refractivity contribution in [2.45, 2.75) is 19.3 Å². The molecule has 2 aromatic rings. The summed E-state index contributed by atoms with van der Waals surface area (Å²) in [5.41, 5.74) is 0.848. The Morgan fingerprint density at radius 1 is 1.29 bits per heavy atom. The van der Waals surface area contributed by atoms with E-state index < -0.39 is 0 Å². The van der Waals surface area contributed by atoms with Crippen LogP contribution in [-0.4, -0.2) is 35.3 Å². The van der Waals surface area contributed by atoms with Crippen molar-refractivity contribution in [3.05, 3.63) is 35.1 Å². The van der Waals surface area contributed by atoms with Crippen LogP contribution in [0.1, 0.15) is 19.3 Å². The molecule has 6 nitrogen and oxygen atoms in total. The van der Waals surface area contributed by atoms with E-state index in [1.54, 1.807) is 18.9 Å². The van der Waals surface area contributed by atoms with E-state index in [4.69, 9.17) is 21.7 Å². The van der Waals surface area contributed by atoms with Gasteiger partial charge in [0.25, 0.3) is 0 Å². The molecule has 0 saturated carbocycles. The van der Waals surface area contributed by atoms with Gasteiger partial charge in [0, 0.05) is 11.8 Å². The van der Waals surface area contributed by atoms with Gasteiger partial charge in [0.2, 0.25) is 4.77 Å². The molecule has 7 heteroatoms. The Morgan fingerprint density at radius 3 is 2.83 bits per heavy atom. The first-order valence-electron chi connectivity index (χ1n) is 7.82. The minimum absolute atomic E-state index is 0.435. The maximum Gasteiger partial charge on any atom is 0.216 e. The molecule has 24 heavy (non-hydrogen) atoms. The molecule has 1 atom stereocenters. The van der Waals surface area contributed by atoms with Gasteiger partial charge in [-0.15, -0.1) is 0 Å². The van der Waals surface area contributed by atoms with Gasteiger partial charge in [-0.05, 0) is 55.6 Å². The van der Waals surface area contributed by atoms with Crippen LogP contribution >= 0.6 is 12.2 Å². The lowest BCUT2D eigenvalue weighted by Crippen LogP contribution is -2.05. The third-order valence-corrected chi connectivity index (χ3v) is 4.26. The van der Waals surface area contributed by atoms with E-state index in [2.05, 4.69) is 27.5 Å². The van der Waals surface area contributed by atoms with Crippen molar-refractivity contribution >= 4 is 18.4 Å². The van der Waals surface area contributed by atoms with Gasteiger partial charge in [-0.25, -0.2) is 5.10 Å². The zero-order valence-corrected chi connectivity index (χ0v) is 14.5. The molecule has 1 aromatic heterocycles. The zero-order chi connectivity index (χ0) is 16.9. The lowest BCUT2D eigenvalue weighted by molar-refractivity contribution is 0.355. The molecule has 1 heterocycles. The number of hydrogen-bond donors (Lipinski definition) is 1. The van der Waals surface area contributed by atoms with Crippen LogP contribution in [0.3, 0.4) is 0 Å². The molecular formula is C17H20N4O2S. The third kappa shape index (κ3) is 3.41. The highest BCUT2D eigenvalue weighted by molar-refractivity contribution is 7.71. The predicted molar refractivity (Wildman–Crippen MR) is 96.3 cm³/mol. The standard InChI is InChI=1S/C17H20N4O2S/c1-22-14-9-8-13(10-15(14)23-2)16-19-20-17(24)21(16)18-11-12-6-4-3-5-7-12/h3-4,8-12H,5-7H2,1-2H3,(H,20,24)/b18-11-/t12-/m1/s1. The Morgan fingerprint density at radius 2 is 2.12 bits per heavy atom. The van der Waals surface area contributed by atoms with Crippen LogP contribution in [0, 0.1) is 10.7 Å². The normalized spacial score (nSPS) is 17.3. The van der Waals surface area contributed by atoms with Gasteiger partial charge < -0.3 is 9.47 Å². The minimum Gasteiger partial charge on any atom is -0.493 e. The quantitative estimate of drug-likeness (QED) is 0.509. The second kappa shape index (κ2) is 7.44. The van der Waals surface area contributed by atoms with Crippen molar-refractivity contribution in [3.63, 3.8) is 0 Å². The van der Waals surface area contributed by atoms with Gasteiger partial charge in [-0.1, -0.05) is 12.2 Å². The first-order chi connectivity index (χ1) is 11.7. The Hall–Kier alpha value is -2.41. The van der Waals surface area contributed by atoms with Gasteiger partial charge in [-0.2, -0.15) is 14.9 Å². The lowest BCUT2D eigenvalue weighted by Gasteiger charge is -2.12. The van der Waals surface area contributed by atoms with Gasteiger partial charge in [0.1, 0.15) is 0 Å². The number of ether oxygens (including phenoxy) is 2. The van der Waals surface area contributed by atoms with Crippen molar-refractivity contribution < 1.29 is 9.47 Å². The average molecular weight is 344 g/mol. The summed E-state index contributed by atoms with van der Waals surface area (Å²) in [6.07, 6.45) is 9.58. The third-order valence-electron chi connectivity index (χ3n) is 3.99. The summed E-state index contributed by atoms with van der Waals surface area (Å²) >= 11 is 5.31. The van der Waals surface area contributed by atoms with E-state index in [9.17, 15) is 0 Å². The number of allylic oxidation sites excluding steroid dienone is 2. The largest absolute Gasteiger partial charge is 0.493 e. The molecule has 0 unspecified atom stereocenters. The highest BCUT2D eigenvalue weighted by Gasteiger charge is 2.13. The van der Waals surface area contributed by atoms with Crippen molar-refractivity contribution in [2.75, 3.05) is 14.2 Å². The summed E-state index contributed by atoms with van der Waals surface area (Å²) in [6, 6.07) is 5.60. The number of nitrogens with zero attached hydrogens (tertiary/aromatic N) is 3. The Labute approximate surface area is 145 Å². The van der Waals surface area contributed by atoms with Crippen molar-refractivity contribution in [2.24, 2.45) is 11.0 Å². The fourth-order valence-electron chi connectivity index (χ4n) is 2.67. The second-order valence-electron chi connectivity index (χ2n) is 5.54. The SMILES string of the molecule is COc1ccc(-c2n[nH]c(=S)n2/N=C\[C@@H]2CC=CCC2)cc1OC. The maximum atomic E-state index is 5.36. The summed E-state index contributed by atoms with van der Waals surface area (Å²) in [7, 11) is 3.21. The van der Waals surface area contributed by atoms with E-state index in [0.717, 1.165) is 24.8 Å². The molecule has 0 amide bonds. The summed E-state index contributed by atoms with van der Waals surface area (Å²) in [5, 5.41) is 11.7. The average Bonchev–Trinajstić information content (AvgIpc) is 3.00. The predicted octanol–water partition coefficient (Wildman–Crippen LogP) is 3.82. The molecule has 1 aliphatic rings. The van der Waals surface area contributed by atoms with Gasteiger partial charge >= 0.3 is 0 Å². The molecule has 0 radical (unpaired) electrons. The van der Waals surface area contributed by atoms with Crippen LogP contribution in [0.25, 0.3) is 11.4 Å². The van der Waals surface area contributed by atoms with Gasteiger partial charge in [0.15, 0.2) is 17.3 Å². The van der Waals surface area contributed by atoms with Crippen molar-refractivity contribution in [3.8, 4) is 22.9 Å². The summed E-state index contributed by atoms with van der Waals surface area (Å²) in [5.74, 6) is 2.38. The molecule has 0 aliphatic heterocycles.